The molecule has 0 saturated carbocycles. The standard InChI is InChI=1S/C7H11NO4S.Na.H/c1-3-5(10)12-8-7(11)6(13)4(2)9;;/h6,13H,3H2,1-2H3,(H,8,11);;. The summed E-state index contributed by atoms with van der Waals surface area (Å²) in [4.78, 5) is 36.4. The van der Waals surface area contributed by atoms with Crippen LogP contribution in [0.25, 0.3) is 0 Å². The molecule has 0 aliphatic rings. The Morgan fingerprint density at radius 2 is 1.93 bits per heavy atom. The van der Waals surface area contributed by atoms with Crippen LogP contribution in [-0.2, 0) is 19.2 Å². The number of nitrogens with one attached hydrogen (secondary N) is 1. The summed E-state index contributed by atoms with van der Waals surface area (Å²) in [6.07, 6.45) is 0.150. The molecule has 5 nitrogen and oxygen atoms in total. The van der Waals surface area contributed by atoms with Crippen molar-refractivity contribution in [2.24, 2.45) is 0 Å². The number of thiol groups is 1. The average molecular weight is 229 g/mol. The van der Waals surface area contributed by atoms with Gasteiger partial charge in [0.15, 0.2) is 5.78 Å². The molecule has 0 bridgehead atoms. The second-order valence-corrected chi connectivity index (χ2v) is 2.82. The minimum absolute atomic E-state index is 0. The van der Waals surface area contributed by atoms with E-state index in [1.807, 2.05) is 5.48 Å². The summed E-state index contributed by atoms with van der Waals surface area (Å²) < 4.78 is 0. The first-order valence-corrected chi connectivity index (χ1v) is 4.18. The van der Waals surface area contributed by atoms with Gasteiger partial charge in [0, 0.05) is 6.42 Å². The van der Waals surface area contributed by atoms with Gasteiger partial charge in [-0.3, -0.25) is 9.59 Å². The summed E-state index contributed by atoms with van der Waals surface area (Å²) in [6.45, 7) is 2.80. The van der Waals surface area contributed by atoms with E-state index in [1.165, 1.54) is 6.92 Å². The van der Waals surface area contributed by atoms with E-state index < -0.39 is 22.9 Å². The molecule has 1 N–H and O–H groups in total. The molecule has 0 heterocycles. The Labute approximate surface area is 110 Å². The van der Waals surface area contributed by atoms with Crippen LogP contribution < -0.4 is 5.48 Å². The molecule has 0 radical (unpaired) electrons. The predicted molar refractivity (Wildman–Crippen MR) is 55.1 cm³/mol. The van der Waals surface area contributed by atoms with Crippen molar-refractivity contribution in [2.45, 2.75) is 25.5 Å². The Morgan fingerprint density at radius 1 is 1.43 bits per heavy atom. The second-order valence-electron chi connectivity index (χ2n) is 2.31. The molecule has 0 aromatic heterocycles. The SMILES string of the molecule is CCC(=O)ONC(=O)C(S)C(C)=O.[NaH]. The van der Waals surface area contributed by atoms with Crippen LogP contribution >= 0.6 is 12.6 Å². The summed E-state index contributed by atoms with van der Waals surface area (Å²) in [6, 6.07) is 0. The van der Waals surface area contributed by atoms with E-state index in [1.54, 1.807) is 6.92 Å². The average Bonchev–Trinajstić information content (AvgIpc) is 2.11. The molecule has 0 aliphatic carbocycles. The number of hydrogen-bond acceptors (Lipinski definition) is 5. The zero-order valence-corrected chi connectivity index (χ0v) is 8.26. The van der Waals surface area contributed by atoms with Crippen LogP contribution in [0.2, 0.25) is 0 Å². The Kier molecular flexibility index (Phi) is 9.70. The quantitative estimate of drug-likeness (QED) is 0.288. The fourth-order valence-corrected chi connectivity index (χ4v) is 0.473. The summed E-state index contributed by atoms with van der Waals surface area (Å²) in [7, 11) is 0. The Hall–Kier alpha value is -0.0400. The van der Waals surface area contributed by atoms with Crippen molar-refractivity contribution < 1.29 is 19.2 Å². The zero-order chi connectivity index (χ0) is 10.4. The van der Waals surface area contributed by atoms with Gasteiger partial charge in [-0.15, -0.1) is 0 Å². The van der Waals surface area contributed by atoms with Gasteiger partial charge < -0.3 is 4.84 Å². The van der Waals surface area contributed by atoms with Crippen LogP contribution in [-0.4, -0.2) is 52.5 Å². The van der Waals surface area contributed by atoms with Crippen molar-refractivity contribution in [1.29, 1.82) is 0 Å². The van der Waals surface area contributed by atoms with Gasteiger partial charge in [-0.25, -0.2) is 4.79 Å². The maximum absolute atomic E-state index is 10.9. The first-order valence-electron chi connectivity index (χ1n) is 3.67. The van der Waals surface area contributed by atoms with Crippen molar-refractivity contribution in [2.75, 3.05) is 0 Å². The van der Waals surface area contributed by atoms with Crippen LogP contribution in [0.5, 0.6) is 0 Å². The molecule has 0 aromatic carbocycles. The van der Waals surface area contributed by atoms with Gasteiger partial charge in [-0.05, 0) is 6.92 Å². The zero-order valence-electron chi connectivity index (χ0n) is 7.36. The number of carbonyl (C=O) groups excluding carboxylic acids is 3. The summed E-state index contributed by atoms with van der Waals surface area (Å²) in [5.41, 5.74) is 1.83. The van der Waals surface area contributed by atoms with E-state index in [9.17, 15) is 14.4 Å². The number of amides is 1. The molecule has 0 rings (SSSR count). The molecule has 1 unspecified atom stereocenters. The molecule has 0 aromatic rings. The Bertz CT molecular complexity index is 234. The van der Waals surface area contributed by atoms with Crippen molar-refractivity contribution in [3.63, 3.8) is 0 Å². The molecule has 76 valence electrons. The van der Waals surface area contributed by atoms with E-state index in [2.05, 4.69) is 17.5 Å². The topological polar surface area (TPSA) is 72.5 Å². The molecule has 1 amide bonds. The van der Waals surface area contributed by atoms with Crippen LogP contribution in [0.4, 0.5) is 0 Å². The monoisotopic (exact) mass is 229 g/mol. The van der Waals surface area contributed by atoms with E-state index >= 15 is 0 Å². The van der Waals surface area contributed by atoms with Crippen molar-refractivity contribution in [1.82, 2.24) is 5.48 Å². The summed E-state index contributed by atoms with van der Waals surface area (Å²) in [5, 5.41) is -1.09. The summed E-state index contributed by atoms with van der Waals surface area (Å²) in [5.74, 6) is -1.72. The maximum atomic E-state index is 10.9. The van der Waals surface area contributed by atoms with Gasteiger partial charge in [-0.2, -0.15) is 18.1 Å². The Balaban J connectivity index is 0. The molecule has 7 heteroatoms. The molecular formula is C7H12NNaO4S. The van der Waals surface area contributed by atoms with E-state index in [0.29, 0.717) is 0 Å². The van der Waals surface area contributed by atoms with Crippen LogP contribution in [0.3, 0.4) is 0 Å². The van der Waals surface area contributed by atoms with E-state index in [0.717, 1.165) is 0 Å². The molecule has 0 saturated heterocycles. The third kappa shape index (κ3) is 6.42. The van der Waals surface area contributed by atoms with Gasteiger partial charge in [0.05, 0.1) is 0 Å². The minimum atomic E-state index is -1.09. The number of Topliss-reactive ketones (excluding diaryl/α,β-unsaturated/α-hetero) is 1. The van der Waals surface area contributed by atoms with Crippen molar-refractivity contribution >= 4 is 59.8 Å². The number of hydroxylamine groups is 1. The first-order chi connectivity index (χ1) is 5.99. The Morgan fingerprint density at radius 3 is 2.29 bits per heavy atom. The number of hydrogen-bond donors (Lipinski definition) is 2. The molecule has 0 aliphatic heterocycles. The normalized spacial score (nSPS) is 10.8. The van der Waals surface area contributed by atoms with Crippen LogP contribution in [0, 0.1) is 0 Å². The van der Waals surface area contributed by atoms with Crippen molar-refractivity contribution in [3.8, 4) is 0 Å². The fraction of sp³-hybridized carbons (Fsp3) is 0.571. The number of ketones is 1. The third-order valence-electron chi connectivity index (χ3n) is 1.19. The summed E-state index contributed by atoms with van der Waals surface area (Å²) >= 11 is 3.70. The number of carbonyl (C=O) groups is 3. The van der Waals surface area contributed by atoms with Gasteiger partial charge in [0.2, 0.25) is 0 Å². The fourth-order valence-electron chi connectivity index (χ4n) is 0.420. The van der Waals surface area contributed by atoms with Gasteiger partial charge in [-0.1, -0.05) is 6.92 Å². The number of rotatable bonds is 3. The van der Waals surface area contributed by atoms with Gasteiger partial charge in [0.25, 0.3) is 5.91 Å². The van der Waals surface area contributed by atoms with E-state index in [4.69, 9.17) is 0 Å². The molecule has 14 heavy (non-hydrogen) atoms. The van der Waals surface area contributed by atoms with Gasteiger partial charge >= 0.3 is 35.5 Å². The predicted octanol–water partition coefficient (Wildman–Crippen LogP) is -0.790. The third-order valence-corrected chi connectivity index (χ3v) is 1.79. The van der Waals surface area contributed by atoms with Crippen LogP contribution in [0.15, 0.2) is 0 Å². The second kappa shape index (κ2) is 8.28. The first kappa shape index (κ1) is 16.4. The molecule has 1 atom stereocenters. The van der Waals surface area contributed by atoms with Crippen LogP contribution in [0.1, 0.15) is 20.3 Å². The van der Waals surface area contributed by atoms with Gasteiger partial charge in [0.1, 0.15) is 5.25 Å². The molecular weight excluding hydrogens is 217 g/mol. The van der Waals surface area contributed by atoms with Crippen molar-refractivity contribution in [3.05, 3.63) is 0 Å². The molecule has 0 spiro atoms. The molecule has 0 fully saturated rings. The van der Waals surface area contributed by atoms with E-state index in [-0.39, 0.29) is 36.0 Å².